The molecule has 0 fully saturated rings. The quantitative estimate of drug-likeness (QED) is 0.299. The van der Waals surface area contributed by atoms with E-state index in [1.165, 1.54) is 13.2 Å². The van der Waals surface area contributed by atoms with Gasteiger partial charge in [-0.2, -0.15) is 0 Å². The molecule has 0 amide bonds. The predicted octanol–water partition coefficient (Wildman–Crippen LogP) is 1.09. The molecule has 19 heavy (non-hydrogen) atoms. The Balaban J connectivity index is 5.29. The third kappa shape index (κ3) is 5.11. The van der Waals surface area contributed by atoms with Crippen LogP contribution >= 0.6 is 0 Å². The molecule has 0 aromatic carbocycles. The molecule has 0 aliphatic heterocycles. The summed E-state index contributed by atoms with van der Waals surface area (Å²) in [5.74, 6) is -4.74. The van der Waals surface area contributed by atoms with Crippen LogP contribution in [0, 0.1) is 11.8 Å². The molecular formula is C13H20O6. The van der Waals surface area contributed by atoms with Crippen molar-refractivity contribution in [3.8, 4) is 0 Å². The predicted molar refractivity (Wildman–Crippen MR) is 67.1 cm³/mol. The van der Waals surface area contributed by atoms with Crippen LogP contribution in [0.4, 0.5) is 0 Å². The first-order valence-corrected chi connectivity index (χ1v) is 5.93. The number of carbonyl (C=O) groups is 3. The number of allylic oxidation sites excluding steroid dienone is 1. The molecule has 108 valence electrons. The van der Waals surface area contributed by atoms with E-state index in [0.29, 0.717) is 0 Å². The Bertz CT molecular complexity index is 331. The van der Waals surface area contributed by atoms with Gasteiger partial charge in [-0.15, -0.1) is 0 Å². The first-order chi connectivity index (χ1) is 9.03. The van der Waals surface area contributed by atoms with Gasteiger partial charge in [0.05, 0.1) is 27.2 Å². The lowest BCUT2D eigenvalue weighted by atomic mass is 9.91. The lowest BCUT2D eigenvalue weighted by molar-refractivity contribution is -0.166. The summed E-state index contributed by atoms with van der Waals surface area (Å²) in [5, 5.41) is 0. The van der Waals surface area contributed by atoms with Crippen molar-refractivity contribution < 1.29 is 28.6 Å². The number of unbranched alkanes of at least 4 members (excludes halogenated alkanes) is 1. The summed E-state index contributed by atoms with van der Waals surface area (Å²) in [4.78, 5) is 35.0. The summed E-state index contributed by atoms with van der Waals surface area (Å²) in [6.07, 6.45) is 4.81. The molecule has 6 nitrogen and oxygen atoms in total. The number of ether oxygens (including phenoxy) is 3. The van der Waals surface area contributed by atoms with Gasteiger partial charge in [0.25, 0.3) is 0 Å². The first-order valence-electron chi connectivity index (χ1n) is 5.93. The van der Waals surface area contributed by atoms with Gasteiger partial charge >= 0.3 is 17.9 Å². The highest BCUT2D eigenvalue weighted by Gasteiger charge is 2.40. The van der Waals surface area contributed by atoms with Crippen molar-refractivity contribution in [2.24, 2.45) is 11.8 Å². The van der Waals surface area contributed by atoms with E-state index in [4.69, 9.17) is 0 Å². The lowest BCUT2D eigenvalue weighted by Gasteiger charge is -2.18. The standard InChI is InChI=1S/C13H20O6/c1-5-6-7-8-9(11(14)17-2)10(12(15)18-3)13(16)19-4/h7-10H,5-6H2,1-4H3/b8-7-. The number of hydrogen-bond donors (Lipinski definition) is 0. The monoisotopic (exact) mass is 272 g/mol. The Morgan fingerprint density at radius 3 is 1.79 bits per heavy atom. The third-order valence-electron chi connectivity index (χ3n) is 2.54. The molecule has 0 spiro atoms. The Morgan fingerprint density at radius 1 is 0.947 bits per heavy atom. The topological polar surface area (TPSA) is 78.9 Å². The number of hydrogen-bond acceptors (Lipinski definition) is 6. The molecule has 6 heteroatoms. The van der Waals surface area contributed by atoms with Crippen LogP contribution in [0.2, 0.25) is 0 Å². The average molecular weight is 272 g/mol. The van der Waals surface area contributed by atoms with Crippen molar-refractivity contribution in [2.45, 2.75) is 19.8 Å². The summed E-state index contributed by atoms with van der Waals surface area (Å²) in [7, 11) is 3.47. The van der Waals surface area contributed by atoms with E-state index in [-0.39, 0.29) is 0 Å². The molecule has 1 atom stereocenters. The Kier molecular flexibility index (Phi) is 8.24. The van der Waals surface area contributed by atoms with E-state index < -0.39 is 29.7 Å². The largest absolute Gasteiger partial charge is 0.469 e. The van der Waals surface area contributed by atoms with Crippen LogP contribution in [0.15, 0.2) is 12.2 Å². The van der Waals surface area contributed by atoms with Gasteiger partial charge in [0, 0.05) is 0 Å². The van der Waals surface area contributed by atoms with E-state index >= 15 is 0 Å². The zero-order valence-electron chi connectivity index (χ0n) is 11.7. The van der Waals surface area contributed by atoms with Gasteiger partial charge in [0.2, 0.25) is 0 Å². The number of methoxy groups -OCH3 is 3. The minimum atomic E-state index is -1.35. The molecule has 0 aromatic rings. The van der Waals surface area contributed by atoms with Gasteiger partial charge in [0.15, 0.2) is 5.92 Å². The molecule has 0 saturated carbocycles. The van der Waals surface area contributed by atoms with Crippen LogP contribution in [-0.4, -0.2) is 39.2 Å². The zero-order chi connectivity index (χ0) is 14.8. The molecule has 0 aliphatic rings. The van der Waals surface area contributed by atoms with Gasteiger partial charge in [-0.05, 0) is 6.42 Å². The molecule has 0 heterocycles. The van der Waals surface area contributed by atoms with E-state index in [1.807, 2.05) is 6.92 Å². The summed E-state index contributed by atoms with van der Waals surface area (Å²) in [6.45, 7) is 1.97. The summed E-state index contributed by atoms with van der Waals surface area (Å²) in [5.41, 5.74) is 0. The van der Waals surface area contributed by atoms with Gasteiger partial charge < -0.3 is 14.2 Å². The molecule has 0 N–H and O–H groups in total. The number of rotatable bonds is 7. The van der Waals surface area contributed by atoms with Gasteiger partial charge in [0.1, 0.15) is 0 Å². The van der Waals surface area contributed by atoms with Crippen LogP contribution in [0.1, 0.15) is 19.8 Å². The molecule has 0 rings (SSSR count). The van der Waals surface area contributed by atoms with Gasteiger partial charge in [-0.3, -0.25) is 14.4 Å². The van der Waals surface area contributed by atoms with Crippen molar-refractivity contribution in [1.82, 2.24) is 0 Å². The summed E-state index contributed by atoms with van der Waals surface area (Å²) in [6, 6.07) is 0. The smallest absolute Gasteiger partial charge is 0.321 e. The maximum absolute atomic E-state index is 11.7. The highest BCUT2D eigenvalue weighted by molar-refractivity contribution is 5.99. The van der Waals surface area contributed by atoms with Crippen molar-refractivity contribution in [3.63, 3.8) is 0 Å². The van der Waals surface area contributed by atoms with Crippen molar-refractivity contribution in [2.75, 3.05) is 21.3 Å². The fraction of sp³-hybridized carbons (Fsp3) is 0.615. The highest BCUT2D eigenvalue weighted by atomic mass is 16.5. The second-order valence-electron chi connectivity index (χ2n) is 3.79. The first kappa shape index (κ1) is 17.2. The summed E-state index contributed by atoms with van der Waals surface area (Å²) >= 11 is 0. The lowest BCUT2D eigenvalue weighted by Crippen LogP contribution is -2.37. The van der Waals surface area contributed by atoms with Crippen molar-refractivity contribution >= 4 is 17.9 Å². The van der Waals surface area contributed by atoms with Crippen LogP contribution in [0.3, 0.4) is 0 Å². The Labute approximate surface area is 112 Å². The van der Waals surface area contributed by atoms with Gasteiger partial charge in [-0.1, -0.05) is 25.5 Å². The Hall–Kier alpha value is -1.85. The molecule has 0 bridgehead atoms. The fourth-order valence-electron chi connectivity index (χ4n) is 1.51. The van der Waals surface area contributed by atoms with Crippen LogP contribution in [0.25, 0.3) is 0 Å². The average Bonchev–Trinajstić information content (AvgIpc) is 2.44. The van der Waals surface area contributed by atoms with E-state index in [2.05, 4.69) is 14.2 Å². The van der Waals surface area contributed by atoms with Crippen molar-refractivity contribution in [1.29, 1.82) is 0 Å². The molecule has 0 aliphatic carbocycles. The normalized spacial score (nSPS) is 12.3. The summed E-state index contributed by atoms with van der Waals surface area (Å²) < 4.78 is 13.7. The molecule has 1 unspecified atom stereocenters. The molecule has 0 radical (unpaired) electrons. The van der Waals surface area contributed by atoms with E-state index in [9.17, 15) is 14.4 Å². The van der Waals surface area contributed by atoms with E-state index in [0.717, 1.165) is 27.1 Å². The highest BCUT2D eigenvalue weighted by Crippen LogP contribution is 2.19. The number of carbonyl (C=O) groups excluding carboxylic acids is 3. The fourth-order valence-corrected chi connectivity index (χ4v) is 1.51. The van der Waals surface area contributed by atoms with Crippen LogP contribution in [0.5, 0.6) is 0 Å². The van der Waals surface area contributed by atoms with Crippen LogP contribution in [-0.2, 0) is 28.6 Å². The number of esters is 3. The SMILES string of the molecule is CCC/C=C\C(C(=O)OC)C(C(=O)OC)C(=O)OC. The van der Waals surface area contributed by atoms with Crippen molar-refractivity contribution in [3.05, 3.63) is 12.2 Å². The zero-order valence-corrected chi connectivity index (χ0v) is 11.7. The second-order valence-corrected chi connectivity index (χ2v) is 3.79. The Morgan fingerprint density at radius 2 is 1.42 bits per heavy atom. The molecule has 0 aromatic heterocycles. The minimum absolute atomic E-state index is 0.687. The minimum Gasteiger partial charge on any atom is -0.469 e. The van der Waals surface area contributed by atoms with E-state index in [1.54, 1.807) is 6.08 Å². The van der Waals surface area contributed by atoms with Crippen LogP contribution < -0.4 is 0 Å². The maximum Gasteiger partial charge on any atom is 0.321 e. The van der Waals surface area contributed by atoms with Gasteiger partial charge in [-0.25, -0.2) is 0 Å². The maximum atomic E-state index is 11.7. The second kappa shape index (κ2) is 9.13. The third-order valence-corrected chi connectivity index (χ3v) is 2.54. The molecule has 0 saturated heterocycles. The molecular weight excluding hydrogens is 252 g/mol.